The number of piperidine rings is 1. The van der Waals surface area contributed by atoms with Crippen LogP contribution in [0.5, 0.6) is 11.5 Å². The molecule has 0 unspecified atom stereocenters. The van der Waals surface area contributed by atoms with Gasteiger partial charge in [0.05, 0.1) is 5.56 Å². The van der Waals surface area contributed by atoms with Gasteiger partial charge in [-0.1, -0.05) is 0 Å². The number of carbonyl (C=O) groups excluding carboxylic acids is 2. The summed E-state index contributed by atoms with van der Waals surface area (Å²) in [5, 5.41) is 10.4. The van der Waals surface area contributed by atoms with Crippen LogP contribution in [0.2, 0.25) is 0 Å². The summed E-state index contributed by atoms with van der Waals surface area (Å²) < 4.78 is 16.3. The maximum atomic E-state index is 12.6. The van der Waals surface area contributed by atoms with E-state index >= 15 is 0 Å². The van der Waals surface area contributed by atoms with E-state index in [-0.39, 0.29) is 42.5 Å². The molecule has 0 spiro atoms. The molecule has 0 radical (unpaired) electrons. The number of carbonyl (C=O) groups is 2. The number of fused-ring (bicyclic) bond motifs is 1. The molecular weight excluding hydrogens is 450 g/mol. The van der Waals surface area contributed by atoms with E-state index in [2.05, 4.69) is 13.8 Å². The Morgan fingerprint density at radius 1 is 1.09 bits per heavy atom. The lowest BCUT2D eigenvalue weighted by Crippen LogP contribution is -2.49. The second kappa shape index (κ2) is 10.2. The van der Waals surface area contributed by atoms with E-state index in [1.807, 2.05) is 4.90 Å². The van der Waals surface area contributed by atoms with Gasteiger partial charge in [-0.15, -0.1) is 0 Å². The molecule has 0 aliphatic carbocycles. The lowest BCUT2D eigenvalue weighted by atomic mass is 9.97. The lowest BCUT2D eigenvalue weighted by Gasteiger charge is -2.38. The Balaban J connectivity index is 1.37. The second-order valence-electron chi connectivity index (χ2n) is 9.00. The molecule has 1 fully saturated rings. The van der Waals surface area contributed by atoms with Crippen LogP contribution in [-0.4, -0.2) is 40.6 Å². The van der Waals surface area contributed by atoms with E-state index in [4.69, 9.17) is 13.9 Å². The first-order chi connectivity index (χ1) is 16.7. The van der Waals surface area contributed by atoms with E-state index in [0.717, 1.165) is 19.3 Å². The van der Waals surface area contributed by atoms with Gasteiger partial charge >= 0.3 is 11.6 Å². The molecule has 3 aromatic rings. The Labute approximate surface area is 203 Å². The van der Waals surface area contributed by atoms with Crippen molar-refractivity contribution in [1.82, 2.24) is 4.90 Å². The number of aryl methyl sites for hydroxylation is 1. The average molecular weight is 480 g/mol. The molecular formula is C27H29NO7. The number of esters is 1. The number of phenolic OH excluding ortho intramolecular Hbond substituents is 1. The Kier molecular flexibility index (Phi) is 7.10. The molecule has 0 bridgehead atoms. The highest BCUT2D eigenvalue weighted by Gasteiger charge is 2.29. The highest BCUT2D eigenvalue weighted by atomic mass is 16.5. The van der Waals surface area contributed by atoms with Crippen molar-refractivity contribution < 1.29 is 28.6 Å². The third-order valence-electron chi connectivity index (χ3n) is 6.51. The quantitative estimate of drug-likeness (QED) is 0.414. The number of ether oxygens (including phenoxy) is 2. The van der Waals surface area contributed by atoms with E-state index in [0.29, 0.717) is 27.8 Å². The maximum absolute atomic E-state index is 12.6. The van der Waals surface area contributed by atoms with E-state index in [1.165, 1.54) is 12.1 Å². The van der Waals surface area contributed by atoms with E-state index < -0.39 is 11.6 Å². The summed E-state index contributed by atoms with van der Waals surface area (Å²) in [4.78, 5) is 39.0. The van der Waals surface area contributed by atoms with Crippen LogP contribution in [-0.2, 0) is 16.1 Å². The predicted molar refractivity (Wildman–Crippen MR) is 130 cm³/mol. The van der Waals surface area contributed by atoms with Gasteiger partial charge in [-0.2, -0.15) is 0 Å². The molecule has 1 amide bonds. The van der Waals surface area contributed by atoms with Gasteiger partial charge in [0.2, 0.25) is 0 Å². The van der Waals surface area contributed by atoms with Crippen LogP contribution in [0.15, 0.2) is 51.7 Å². The number of hydrogen-bond acceptors (Lipinski definition) is 7. The minimum Gasteiger partial charge on any atom is -0.508 e. The number of nitrogens with zero attached hydrogens (tertiary/aromatic N) is 1. The topological polar surface area (TPSA) is 106 Å². The van der Waals surface area contributed by atoms with Gasteiger partial charge in [0, 0.05) is 34.7 Å². The number of phenols is 1. The van der Waals surface area contributed by atoms with Crippen LogP contribution >= 0.6 is 0 Å². The first-order valence-corrected chi connectivity index (χ1v) is 11.7. The SMILES string of the molecule is Cc1c(O)ccc2c(COC(=O)c3ccc(OCC(=O)N4[C@H](C)CCC[C@@H]4C)cc3)cc(=O)oc12. The number of hydrogen-bond donors (Lipinski definition) is 1. The normalized spacial score (nSPS) is 17.9. The lowest BCUT2D eigenvalue weighted by molar-refractivity contribution is -0.139. The minimum absolute atomic E-state index is 0.0127. The van der Waals surface area contributed by atoms with Crippen molar-refractivity contribution in [2.24, 2.45) is 0 Å². The van der Waals surface area contributed by atoms with Gasteiger partial charge < -0.3 is 23.9 Å². The summed E-state index contributed by atoms with van der Waals surface area (Å²) >= 11 is 0. The molecule has 0 saturated carbocycles. The standard InChI is InChI=1S/C27H29NO7/c1-16-5-4-6-17(2)28(16)24(30)15-33-21-9-7-19(8-10-21)27(32)34-14-20-13-25(31)35-26-18(3)23(29)12-11-22(20)26/h7-13,16-17,29H,4-6,14-15H2,1-3H3/t16-,17+. The first-order valence-electron chi connectivity index (χ1n) is 11.7. The van der Waals surface area contributed by atoms with Crippen LogP contribution in [0.3, 0.4) is 0 Å². The molecule has 184 valence electrons. The van der Waals surface area contributed by atoms with Gasteiger partial charge in [0.15, 0.2) is 6.61 Å². The summed E-state index contributed by atoms with van der Waals surface area (Å²) in [5.74, 6) is -0.121. The summed E-state index contributed by atoms with van der Waals surface area (Å²) in [5.41, 5.74) is 0.885. The van der Waals surface area contributed by atoms with Crippen LogP contribution in [0, 0.1) is 6.92 Å². The molecule has 2 aromatic carbocycles. The summed E-state index contributed by atoms with van der Waals surface area (Å²) in [6.07, 6.45) is 3.12. The van der Waals surface area contributed by atoms with Gasteiger partial charge in [-0.25, -0.2) is 9.59 Å². The molecule has 1 aromatic heterocycles. The second-order valence-corrected chi connectivity index (χ2v) is 9.00. The Morgan fingerprint density at radius 2 is 1.77 bits per heavy atom. The van der Waals surface area contributed by atoms with Gasteiger partial charge in [0.1, 0.15) is 23.7 Å². The third-order valence-corrected chi connectivity index (χ3v) is 6.51. The van der Waals surface area contributed by atoms with E-state index in [1.54, 1.807) is 37.3 Å². The number of rotatable bonds is 6. The maximum Gasteiger partial charge on any atom is 0.338 e. The van der Waals surface area contributed by atoms with Gasteiger partial charge in [0.25, 0.3) is 5.91 Å². The van der Waals surface area contributed by atoms with Crippen molar-refractivity contribution in [3.63, 3.8) is 0 Å². The zero-order valence-electron chi connectivity index (χ0n) is 20.1. The van der Waals surface area contributed by atoms with Crippen LogP contribution < -0.4 is 10.4 Å². The van der Waals surface area contributed by atoms with Crippen molar-refractivity contribution in [2.45, 2.75) is 58.7 Å². The average Bonchev–Trinajstić information content (AvgIpc) is 2.83. The Bertz CT molecular complexity index is 1290. The van der Waals surface area contributed by atoms with Crippen LogP contribution in [0.4, 0.5) is 0 Å². The number of likely N-dealkylation sites (tertiary alicyclic amines) is 1. The van der Waals surface area contributed by atoms with Crippen LogP contribution in [0.1, 0.15) is 54.6 Å². The van der Waals surface area contributed by atoms with Crippen molar-refractivity contribution in [3.8, 4) is 11.5 Å². The fourth-order valence-corrected chi connectivity index (χ4v) is 4.58. The molecule has 1 saturated heterocycles. The van der Waals surface area contributed by atoms with Crippen molar-refractivity contribution in [3.05, 3.63) is 69.6 Å². The zero-order chi connectivity index (χ0) is 25.1. The largest absolute Gasteiger partial charge is 0.508 e. The summed E-state index contributed by atoms with van der Waals surface area (Å²) in [6.45, 7) is 5.57. The van der Waals surface area contributed by atoms with Crippen molar-refractivity contribution >= 4 is 22.8 Å². The third kappa shape index (κ3) is 5.31. The Morgan fingerprint density at radius 3 is 2.46 bits per heavy atom. The zero-order valence-corrected chi connectivity index (χ0v) is 20.1. The van der Waals surface area contributed by atoms with Crippen LogP contribution in [0.25, 0.3) is 11.0 Å². The summed E-state index contributed by atoms with van der Waals surface area (Å²) in [6, 6.07) is 11.1. The monoisotopic (exact) mass is 479 g/mol. The molecule has 8 heteroatoms. The first kappa shape index (κ1) is 24.3. The molecule has 35 heavy (non-hydrogen) atoms. The summed E-state index contributed by atoms with van der Waals surface area (Å²) in [7, 11) is 0. The molecule has 1 N–H and O–H groups in total. The van der Waals surface area contributed by atoms with Gasteiger partial charge in [-0.05, 0) is 76.4 Å². The highest BCUT2D eigenvalue weighted by molar-refractivity contribution is 5.90. The predicted octanol–water partition coefficient (Wildman–Crippen LogP) is 4.33. The molecule has 2 atom stereocenters. The molecule has 4 rings (SSSR count). The number of aromatic hydroxyl groups is 1. The molecule has 1 aliphatic rings. The van der Waals surface area contributed by atoms with Crippen molar-refractivity contribution in [2.75, 3.05) is 6.61 Å². The Hall–Kier alpha value is -3.81. The van der Waals surface area contributed by atoms with Crippen molar-refractivity contribution in [1.29, 1.82) is 0 Å². The molecule has 2 heterocycles. The number of benzene rings is 2. The van der Waals surface area contributed by atoms with E-state index in [9.17, 15) is 19.5 Å². The fourth-order valence-electron chi connectivity index (χ4n) is 4.58. The minimum atomic E-state index is -0.596. The highest BCUT2D eigenvalue weighted by Crippen LogP contribution is 2.28. The molecule has 1 aliphatic heterocycles. The number of amides is 1. The molecule has 8 nitrogen and oxygen atoms in total. The van der Waals surface area contributed by atoms with Gasteiger partial charge in [-0.3, -0.25) is 4.79 Å². The smallest absolute Gasteiger partial charge is 0.338 e. The fraction of sp³-hybridized carbons (Fsp3) is 0.370.